The van der Waals surface area contributed by atoms with E-state index >= 15 is 0 Å². The molecule has 2 aromatic heterocycles. The van der Waals surface area contributed by atoms with Gasteiger partial charge in [-0.25, -0.2) is 14.2 Å². The van der Waals surface area contributed by atoms with Gasteiger partial charge in [-0.15, -0.1) is 0 Å². The number of alkyl halides is 3. The van der Waals surface area contributed by atoms with Crippen LogP contribution in [0.2, 0.25) is 0 Å². The predicted molar refractivity (Wildman–Crippen MR) is 103 cm³/mol. The van der Waals surface area contributed by atoms with Crippen LogP contribution >= 0.6 is 0 Å². The molecule has 1 unspecified atom stereocenters. The van der Waals surface area contributed by atoms with Gasteiger partial charge in [0.25, 0.3) is 0 Å². The van der Waals surface area contributed by atoms with E-state index in [1.807, 2.05) is 0 Å². The van der Waals surface area contributed by atoms with Crippen LogP contribution in [0.4, 0.5) is 40.7 Å². The van der Waals surface area contributed by atoms with E-state index in [0.29, 0.717) is 16.8 Å². The van der Waals surface area contributed by atoms with E-state index in [2.05, 4.69) is 25.6 Å². The molecule has 0 saturated carbocycles. The van der Waals surface area contributed by atoms with Crippen molar-refractivity contribution in [3.63, 3.8) is 0 Å². The number of aromatic nitrogens is 3. The topological polar surface area (TPSA) is 116 Å². The van der Waals surface area contributed by atoms with Crippen LogP contribution in [0.1, 0.15) is 11.7 Å². The van der Waals surface area contributed by atoms with Crippen LogP contribution < -0.4 is 16.4 Å². The van der Waals surface area contributed by atoms with Gasteiger partial charge in [0.05, 0.1) is 11.7 Å². The van der Waals surface area contributed by atoms with E-state index in [-0.39, 0.29) is 23.0 Å². The minimum Gasteiger partial charge on any atom is -0.408 e. The summed E-state index contributed by atoms with van der Waals surface area (Å²) in [6.45, 7) is 0. The maximum absolute atomic E-state index is 14.2. The Morgan fingerprint density at radius 2 is 1.87 bits per heavy atom. The van der Waals surface area contributed by atoms with E-state index in [0.717, 1.165) is 18.3 Å². The molecule has 8 nitrogen and oxygen atoms in total. The zero-order valence-corrected chi connectivity index (χ0v) is 15.4. The van der Waals surface area contributed by atoms with Crippen molar-refractivity contribution in [2.24, 2.45) is 0 Å². The lowest BCUT2D eigenvalue weighted by Crippen LogP contribution is -2.20. The number of rotatable bonds is 5. The van der Waals surface area contributed by atoms with Gasteiger partial charge in [-0.2, -0.15) is 18.2 Å². The highest BCUT2D eigenvalue weighted by molar-refractivity contribution is 5.78. The van der Waals surface area contributed by atoms with Crippen molar-refractivity contribution in [2.75, 3.05) is 10.6 Å². The molecule has 0 spiro atoms. The van der Waals surface area contributed by atoms with Crippen molar-refractivity contribution in [1.29, 1.82) is 0 Å². The van der Waals surface area contributed by atoms with Crippen molar-refractivity contribution < 1.29 is 27.1 Å². The number of benzene rings is 2. The SMILES string of the molecule is O=c1[nH]c2cc(Nc3nc(Nc4cccc(C(O)C(F)(F)F)c4)ncc3F)ccc2o1. The summed E-state index contributed by atoms with van der Waals surface area (Å²) in [4.78, 5) is 21.5. The summed E-state index contributed by atoms with van der Waals surface area (Å²) in [5, 5.41) is 14.8. The fraction of sp³-hybridized carbons (Fsp3) is 0.105. The number of anilines is 4. The maximum atomic E-state index is 14.2. The first-order valence-corrected chi connectivity index (χ1v) is 8.73. The third-order valence-electron chi connectivity index (χ3n) is 4.19. The number of nitrogens with one attached hydrogen (secondary N) is 3. The molecule has 2 heterocycles. The molecule has 0 aliphatic rings. The van der Waals surface area contributed by atoms with Gasteiger partial charge >= 0.3 is 11.9 Å². The fourth-order valence-corrected chi connectivity index (χ4v) is 2.79. The summed E-state index contributed by atoms with van der Waals surface area (Å²) < 4.78 is 57.2. The molecular weight excluding hydrogens is 422 g/mol. The molecule has 160 valence electrons. The molecule has 0 radical (unpaired) electrons. The highest BCUT2D eigenvalue weighted by Crippen LogP contribution is 2.33. The molecule has 1 atom stereocenters. The number of aromatic amines is 1. The number of halogens is 4. The Morgan fingerprint density at radius 3 is 2.65 bits per heavy atom. The Kier molecular flexibility index (Phi) is 5.07. The molecule has 0 aliphatic heterocycles. The Hall–Kier alpha value is -3.93. The summed E-state index contributed by atoms with van der Waals surface area (Å²) >= 11 is 0. The Balaban J connectivity index is 1.57. The molecule has 0 aliphatic carbocycles. The molecule has 4 rings (SSSR count). The smallest absolute Gasteiger partial charge is 0.408 e. The minimum absolute atomic E-state index is 0.0969. The van der Waals surface area contributed by atoms with Crippen LogP contribution in [0.15, 0.2) is 57.9 Å². The molecule has 0 saturated heterocycles. The van der Waals surface area contributed by atoms with Gasteiger partial charge in [0.2, 0.25) is 5.95 Å². The van der Waals surface area contributed by atoms with Crippen molar-refractivity contribution in [3.8, 4) is 0 Å². The average molecular weight is 435 g/mol. The van der Waals surface area contributed by atoms with Gasteiger partial charge < -0.3 is 20.2 Å². The highest BCUT2D eigenvalue weighted by Gasteiger charge is 2.39. The second kappa shape index (κ2) is 7.72. The van der Waals surface area contributed by atoms with Gasteiger partial charge in [0.1, 0.15) is 0 Å². The van der Waals surface area contributed by atoms with Crippen LogP contribution in [0.5, 0.6) is 0 Å². The summed E-state index contributed by atoms with van der Waals surface area (Å²) in [5.74, 6) is -1.73. The average Bonchev–Trinajstić information content (AvgIpc) is 3.09. The monoisotopic (exact) mass is 435 g/mol. The molecule has 31 heavy (non-hydrogen) atoms. The largest absolute Gasteiger partial charge is 0.418 e. The molecule has 12 heteroatoms. The number of nitrogens with zero attached hydrogens (tertiary/aromatic N) is 2. The molecule has 4 aromatic rings. The lowest BCUT2D eigenvalue weighted by atomic mass is 10.1. The van der Waals surface area contributed by atoms with Crippen molar-refractivity contribution in [3.05, 3.63) is 70.6 Å². The Labute approximate surface area is 170 Å². The van der Waals surface area contributed by atoms with Crippen molar-refractivity contribution >= 4 is 34.2 Å². The summed E-state index contributed by atoms with van der Waals surface area (Å²) in [6, 6.07) is 9.52. The lowest BCUT2D eigenvalue weighted by molar-refractivity contribution is -0.206. The standard InChI is InChI=1S/C19H13F4N5O3/c20-12-8-24-17(26-10-3-1-2-9(6-10)15(29)19(21,22)23)28-16(12)25-11-4-5-14-13(7-11)27-18(30)31-14/h1-8,15,29H,(H,27,30)(H2,24,25,26,28). The van der Waals surface area contributed by atoms with E-state index in [4.69, 9.17) is 4.42 Å². The third-order valence-corrected chi connectivity index (χ3v) is 4.19. The third kappa shape index (κ3) is 4.48. The summed E-state index contributed by atoms with van der Waals surface area (Å²) in [5.41, 5.74) is 0.893. The number of aliphatic hydroxyl groups excluding tert-OH is 1. The molecule has 0 bridgehead atoms. The van der Waals surface area contributed by atoms with E-state index in [1.54, 1.807) is 0 Å². The van der Waals surface area contributed by atoms with Crippen molar-refractivity contribution in [1.82, 2.24) is 15.0 Å². The second-order valence-corrected chi connectivity index (χ2v) is 6.44. The summed E-state index contributed by atoms with van der Waals surface area (Å²) in [6.07, 6.45) is -6.59. The number of fused-ring (bicyclic) bond motifs is 1. The zero-order valence-electron chi connectivity index (χ0n) is 15.4. The lowest BCUT2D eigenvalue weighted by Gasteiger charge is -2.16. The van der Waals surface area contributed by atoms with Crippen molar-refractivity contribution in [2.45, 2.75) is 12.3 Å². The quantitative estimate of drug-likeness (QED) is 0.348. The molecule has 0 amide bonds. The predicted octanol–water partition coefficient (Wildman–Crippen LogP) is 4.13. The zero-order chi connectivity index (χ0) is 22.2. The normalized spacial score (nSPS) is 12.7. The molecular formula is C19H13F4N5O3. The van der Waals surface area contributed by atoms with Crippen LogP contribution in [-0.4, -0.2) is 26.2 Å². The van der Waals surface area contributed by atoms with Gasteiger partial charge in [-0.3, -0.25) is 4.98 Å². The second-order valence-electron chi connectivity index (χ2n) is 6.44. The number of hydrogen-bond acceptors (Lipinski definition) is 7. The van der Waals surface area contributed by atoms with Gasteiger partial charge in [-0.1, -0.05) is 12.1 Å². The molecule has 4 N–H and O–H groups in total. The minimum atomic E-state index is -4.82. The Morgan fingerprint density at radius 1 is 1.10 bits per heavy atom. The van der Waals surface area contributed by atoms with Crippen LogP contribution in [0.3, 0.4) is 0 Å². The van der Waals surface area contributed by atoms with E-state index < -0.39 is 23.9 Å². The van der Waals surface area contributed by atoms with Crippen LogP contribution in [-0.2, 0) is 0 Å². The van der Waals surface area contributed by atoms with Gasteiger partial charge in [-0.05, 0) is 35.9 Å². The fourth-order valence-electron chi connectivity index (χ4n) is 2.79. The molecule has 2 aromatic carbocycles. The van der Waals surface area contributed by atoms with E-state index in [1.165, 1.54) is 30.3 Å². The highest BCUT2D eigenvalue weighted by atomic mass is 19.4. The number of aliphatic hydroxyl groups is 1. The first kappa shape index (κ1) is 20.3. The van der Waals surface area contributed by atoms with Crippen LogP contribution in [0, 0.1) is 5.82 Å². The van der Waals surface area contributed by atoms with E-state index in [9.17, 15) is 27.5 Å². The van der Waals surface area contributed by atoms with Crippen LogP contribution in [0.25, 0.3) is 11.1 Å². The summed E-state index contributed by atoms with van der Waals surface area (Å²) in [7, 11) is 0. The van der Waals surface area contributed by atoms with Gasteiger partial charge in [0.15, 0.2) is 23.3 Å². The maximum Gasteiger partial charge on any atom is 0.418 e. The number of oxazole rings is 1. The Bertz CT molecular complexity index is 1300. The number of hydrogen-bond donors (Lipinski definition) is 4. The van der Waals surface area contributed by atoms with Gasteiger partial charge in [0, 0.05) is 11.4 Å². The first-order valence-electron chi connectivity index (χ1n) is 8.73. The molecule has 0 fully saturated rings. The first-order chi connectivity index (χ1) is 14.7. The number of H-pyrrole nitrogens is 1.